The Morgan fingerprint density at radius 1 is 1.18 bits per heavy atom. The van der Waals surface area contributed by atoms with Gasteiger partial charge < -0.3 is 0 Å². The Morgan fingerprint density at radius 3 is 2.47 bits per heavy atom. The number of hydrogen-bond acceptors (Lipinski definition) is 0. The van der Waals surface area contributed by atoms with Crippen molar-refractivity contribution >= 4 is 5.57 Å². The van der Waals surface area contributed by atoms with E-state index in [0.29, 0.717) is 5.92 Å². The van der Waals surface area contributed by atoms with Gasteiger partial charge >= 0.3 is 0 Å². The molecule has 90 valence electrons. The number of fused-ring (bicyclic) bond motifs is 1. The van der Waals surface area contributed by atoms with Crippen LogP contribution in [0.1, 0.15) is 44.7 Å². The zero-order valence-corrected chi connectivity index (χ0v) is 11.3. The van der Waals surface area contributed by atoms with Crippen molar-refractivity contribution in [2.24, 2.45) is 0 Å². The molecule has 1 aromatic carbocycles. The van der Waals surface area contributed by atoms with Crippen LogP contribution < -0.4 is 0 Å². The zero-order valence-electron chi connectivity index (χ0n) is 11.3. The Balaban J connectivity index is 0.000000686. The minimum atomic E-state index is 0.456. The molecule has 0 spiro atoms. The second-order valence-electron chi connectivity index (χ2n) is 3.94. The van der Waals surface area contributed by atoms with Crippen LogP contribution in [-0.4, -0.2) is 0 Å². The lowest BCUT2D eigenvalue weighted by Crippen LogP contribution is -1.86. The molecule has 0 aliphatic heterocycles. The Labute approximate surface area is 105 Å². The molecule has 0 fully saturated rings. The predicted molar refractivity (Wildman–Crippen MR) is 78.1 cm³/mol. The van der Waals surface area contributed by atoms with Crippen molar-refractivity contribution in [2.75, 3.05) is 0 Å². The first-order chi connectivity index (χ1) is 8.25. The maximum absolute atomic E-state index is 4.18. The van der Waals surface area contributed by atoms with E-state index in [1.807, 2.05) is 26.8 Å². The second-order valence-corrected chi connectivity index (χ2v) is 3.94. The van der Waals surface area contributed by atoms with Gasteiger partial charge in [0.15, 0.2) is 0 Å². The zero-order chi connectivity index (χ0) is 12.8. The van der Waals surface area contributed by atoms with E-state index in [9.17, 15) is 0 Å². The Hall–Kier alpha value is -1.56. The van der Waals surface area contributed by atoms with E-state index in [1.54, 1.807) is 0 Å². The van der Waals surface area contributed by atoms with Gasteiger partial charge in [-0.25, -0.2) is 0 Å². The Kier molecular flexibility index (Phi) is 4.96. The third-order valence-corrected chi connectivity index (χ3v) is 3.04. The second kappa shape index (κ2) is 6.24. The van der Waals surface area contributed by atoms with E-state index in [4.69, 9.17) is 0 Å². The fourth-order valence-electron chi connectivity index (χ4n) is 2.10. The highest BCUT2D eigenvalue weighted by Gasteiger charge is 2.25. The highest BCUT2D eigenvalue weighted by molar-refractivity contribution is 5.87. The highest BCUT2D eigenvalue weighted by Crippen LogP contribution is 2.44. The molecule has 0 heterocycles. The van der Waals surface area contributed by atoms with Gasteiger partial charge in [-0.05, 0) is 29.2 Å². The average Bonchev–Trinajstić information content (AvgIpc) is 2.63. The Morgan fingerprint density at radius 2 is 1.82 bits per heavy atom. The molecule has 1 aromatic rings. The fraction of sp³-hybridized carbons (Fsp3) is 0.294. The van der Waals surface area contributed by atoms with Crippen LogP contribution in [0.4, 0.5) is 0 Å². The first-order valence-electron chi connectivity index (χ1n) is 6.37. The van der Waals surface area contributed by atoms with Crippen molar-refractivity contribution in [2.45, 2.75) is 33.6 Å². The summed E-state index contributed by atoms with van der Waals surface area (Å²) in [7, 11) is 0. The number of allylic oxidation sites excluding steroid dienone is 5. The molecule has 0 nitrogen and oxygen atoms in total. The summed E-state index contributed by atoms with van der Waals surface area (Å²) in [4.78, 5) is 0. The normalized spacial score (nSPS) is 20.4. The maximum atomic E-state index is 4.18. The van der Waals surface area contributed by atoms with Crippen molar-refractivity contribution in [3.8, 4) is 0 Å². The van der Waals surface area contributed by atoms with Gasteiger partial charge in [0, 0.05) is 5.92 Å². The summed E-state index contributed by atoms with van der Waals surface area (Å²) < 4.78 is 0. The molecular weight excluding hydrogens is 204 g/mol. The first-order valence-corrected chi connectivity index (χ1v) is 6.37. The van der Waals surface area contributed by atoms with E-state index in [2.05, 4.69) is 49.9 Å². The van der Waals surface area contributed by atoms with E-state index in [-0.39, 0.29) is 0 Å². The van der Waals surface area contributed by atoms with E-state index >= 15 is 0 Å². The summed E-state index contributed by atoms with van der Waals surface area (Å²) in [6.45, 7) is 12.4. The largest absolute Gasteiger partial charge is 0.0946 e. The molecule has 0 bridgehead atoms. The molecule has 0 saturated heterocycles. The number of benzene rings is 1. The van der Waals surface area contributed by atoms with Gasteiger partial charge in [-0.2, -0.15) is 0 Å². The summed E-state index contributed by atoms with van der Waals surface area (Å²) >= 11 is 0. The third kappa shape index (κ3) is 2.58. The molecule has 1 atom stereocenters. The van der Waals surface area contributed by atoms with Crippen LogP contribution in [0, 0.1) is 0 Å². The lowest BCUT2D eigenvalue weighted by molar-refractivity contribution is 0.963. The molecule has 17 heavy (non-hydrogen) atoms. The summed E-state index contributed by atoms with van der Waals surface area (Å²) in [6, 6.07) is 8.57. The maximum Gasteiger partial charge on any atom is 0.00674 e. The van der Waals surface area contributed by atoms with Crippen LogP contribution in [0.2, 0.25) is 0 Å². The van der Waals surface area contributed by atoms with Crippen LogP contribution in [0.15, 0.2) is 54.6 Å². The minimum Gasteiger partial charge on any atom is -0.0946 e. The van der Waals surface area contributed by atoms with Crippen molar-refractivity contribution in [3.63, 3.8) is 0 Å². The van der Waals surface area contributed by atoms with Crippen molar-refractivity contribution < 1.29 is 0 Å². The topological polar surface area (TPSA) is 0 Å². The summed E-state index contributed by atoms with van der Waals surface area (Å²) in [5, 5.41) is 0. The molecule has 0 amide bonds. The van der Waals surface area contributed by atoms with E-state index < -0.39 is 0 Å². The van der Waals surface area contributed by atoms with Crippen LogP contribution in [0.25, 0.3) is 5.57 Å². The lowest BCUT2D eigenvalue weighted by atomic mass is 10.0. The number of hydrogen-bond donors (Lipinski definition) is 0. The number of rotatable bonds is 1. The van der Waals surface area contributed by atoms with E-state index in [1.165, 1.54) is 22.3 Å². The highest BCUT2D eigenvalue weighted by atomic mass is 14.3. The Bertz CT molecular complexity index is 447. The summed E-state index contributed by atoms with van der Waals surface area (Å²) in [5.41, 5.74) is 5.26. The van der Waals surface area contributed by atoms with Crippen LogP contribution in [0.3, 0.4) is 0 Å². The molecule has 1 aliphatic carbocycles. The SMILES string of the molecule is C=C1/C(=C\C=C/C)c2ccccc2C1C.CC. The van der Waals surface area contributed by atoms with Crippen molar-refractivity contribution in [3.05, 3.63) is 65.8 Å². The first kappa shape index (κ1) is 13.5. The predicted octanol–water partition coefficient (Wildman–Crippen LogP) is 5.35. The van der Waals surface area contributed by atoms with Gasteiger partial charge in [0.25, 0.3) is 0 Å². The van der Waals surface area contributed by atoms with Crippen molar-refractivity contribution in [1.82, 2.24) is 0 Å². The molecule has 0 N–H and O–H groups in total. The molecule has 0 heteroatoms. The van der Waals surface area contributed by atoms with Gasteiger partial charge in [-0.15, -0.1) is 0 Å². The van der Waals surface area contributed by atoms with E-state index in [0.717, 1.165) is 0 Å². The van der Waals surface area contributed by atoms with Crippen molar-refractivity contribution in [1.29, 1.82) is 0 Å². The fourth-order valence-corrected chi connectivity index (χ4v) is 2.10. The van der Waals surface area contributed by atoms with Gasteiger partial charge in [-0.3, -0.25) is 0 Å². The molecule has 0 saturated carbocycles. The monoisotopic (exact) mass is 226 g/mol. The quantitative estimate of drug-likeness (QED) is 0.606. The lowest BCUT2D eigenvalue weighted by Gasteiger charge is -2.03. The minimum absolute atomic E-state index is 0.456. The average molecular weight is 226 g/mol. The van der Waals surface area contributed by atoms with Gasteiger partial charge in [0.1, 0.15) is 0 Å². The molecule has 1 unspecified atom stereocenters. The van der Waals surface area contributed by atoms with Crippen LogP contribution in [-0.2, 0) is 0 Å². The van der Waals surface area contributed by atoms with Gasteiger partial charge in [-0.1, -0.05) is 69.8 Å². The molecule has 2 rings (SSSR count). The molecule has 1 aliphatic rings. The smallest absolute Gasteiger partial charge is 0.00674 e. The van der Waals surface area contributed by atoms with Crippen LogP contribution >= 0.6 is 0 Å². The summed E-state index contributed by atoms with van der Waals surface area (Å²) in [6.07, 6.45) is 6.28. The molecule has 0 radical (unpaired) electrons. The van der Waals surface area contributed by atoms with Crippen LogP contribution in [0.5, 0.6) is 0 Å². The molecule has 0 aromatic heterocycles. The standard InChI is InChI=1S/C15H16.C2H6/c1-4-5-8-13-11(2)12(3)14-9-6-7-10-15(13)14;1-2/h4-10,12H,2H2,1,3H3;1-2H3/b5-4-,13-8+;. The van der Waals surface area contributed by atoms with Gasteiger partial charge in [0.2, 0.25) is 0 Å². The third-order valence-electron chi connectivity index (χ3n) is 3.04. The molecular formula is C17H22. The van der Waals surface area contributed by atoms with Gasteiger partial charge in [0.05, 0.1) is 0 Å². The summed E-state index contributed by atoms with van der Waals surface area (Å²) in [5.74, 6) is 0.456.